The van der Waals surface area contributed by atoms with E-state index in [4.69, 9.17) is 6.57 Å². The third kappa shape index (κ3) is 7.39. The molecule has 0 aliphatic carbocycles. The molecule has 1 atom stereocenters. The lowest BCUT2D eigenvalue weighted by Crippen LogP contribution is -1.98. The predicted molar refractivity (Wildman–Crippen MR) is 49.3 cm³/mol. The normalized spacial score (nSPS) is 13.0. The summed E-state index contributed by atoms with van der Waals surface area (Å²) in [5.41, 5.74) is 0. The Morgan fingerprint density at radius 2 is 1.82 bits per heavy atom. The summed E-state index contributed by atoms with van der Waals surface area (Å²) in [5, 5.41) is 0. The van der Waals surface area contributed by atoms with E-state index in [1.54, 1.807) is 0 Å². The molecule has 0 radical (unpaired) electrons. The number of nitrogens with zero attached hydrogens (tertiary/aromatic N) is 1. The molecular formula is C10H19N. The number of rotatable bonds is 5. The van der Waals surface area contributed by atoms with Gasteiger partial charge in [-0.05, 0) is 12.3 Å². The van der Waals surface area contributed by atoms with Gasteiger partial charge in [0.2, 0.25) is 6.54 Å². The summed E-state index contributed by atoms with van der Waals surface area (Å²) in [5.74, 6) is 1.42. The Labute approximate surface area is 70.6 Å². The van der Waals surface area contributed by atoms with Gasteiger partial charge >= 0.3 is 0 Å². The van der Waals surface area contributed by atoms with Crippen LogP contribution >= 0.6 is 0 Å². The zero-order chi connectivity index (χ0) is 8.69. The Hall–Kier alpha value is -0.510. The summed E-state index contributed by atoms with van der Waals surface area (Å²) >= 11 is 0. The highest BCUT2D eigenvalue weighted by atomic mass is 14.6. The molecule has 64 valence electrons. The van der Waals surface area contributed by atoms with Gasteiger partial charge < -0.3 is 4.85 Å². The summed E-state index contributed by atoms with van der Waals surface area (Å²) in [6, 6.07) is 0. The molecule has 0 saturated carbocycles. The maximum atomic E-state index is 6.68. The van der Waals surface area contributed by atoms with Crippen LogP contribution in [0.5, 0.6) is 0 Å². The van der Waals surface area contributed by atoms with Gasteiger partial charge in [0.05, 0.1) is 0 Å². The highest BCUT2D eigenvalue weighted by molar-refractivity contribution is 4.65. The molecule has 0 aromatic rings. The minimum atomic E-state index is 0.603. The molecule has 0 saturated heterocycles. The van der Waals surface area contributed by atoms with Gasteiger partial charge in [-0.3, -0.25) is 0 Å². The van der Waals surface area contributed by atoms with Crippen LogP contribution in [0, 0.1) is 18.4 Å². The van der Waals surface area contributed by atoms with Crippen LogP contribution in [-0.4, -0.2) is 6.54 Å². The molecule has 0 aliphatic heterocycles. The predicted octanol–water partition coefficient (Wildman–Crippen LogP) is 3.37. The van der Waals surface area contributed by atoms with Crippen LogP contribution in [-0.2, 0) is 0 Å². The lowest BCUT2D eigenvalue weighted by Gasteiger charge is -2.06. The summed E-state index contributed by atoms with van der Waals surface area (Å²) in [7, 11) is 0. The molecule has 0 rings (SSSR count). The minimum Gasteiger partial charge on any atom is -0.317 e. The molecule has 0 bridgehead atoms. The molecular weight excluding hydrogens is 134 g/mol. The molecule has 11 heavy (non-hydrogen) atoms. The Morgan fingerprint density at radius 3 is 2.27 bits per heavy atom. The zero-order valence-electron chi connectivity index (χ0n) is 7.93. The van der Waals surface area contributed by atoms with Crippen molar-refractivity contribution in [2.24, 2.45) is 11.8 Å². The molecule has 0 aromatic heterocycles. The molecule has 0 heterocycles. The largest absolute Gasteiger partial charge is 0.317 e. The maximum Gasteiger partial charge on any atom is 0.217 e. The van der Waals surface area contributed by atoms with Gasteiger partial charge in [-0.1, -0.05) is 33.6 Å². The van der Waals surface area contributed by atoms with Gasteiger partial charge in [-0.25, -0.2) is 6.57 Å². The first-order chi connectivity index (χ1) is 5.16. The lowest BCUT2D eigenvalue weighted by atomic mass is 10.00. The Bertz CT molecular complexity index is 121. The second-order valence-electron chi connectivity index (χ2n) is 3.77. The van der Waals surface area contributed by atoms with Gasteiger partial charge in [0.1, 0.15) is 0 Å². The van der Waals surface area contributed by atoms with Gasteiger partial charge in [0.25, 0.3) is 0 Å². The third-order valence-electron chi connectivity index (χ3n) is 1.88. The molecule has 0 aliphatic rings. The first-order valence-corrected chi connectivity index (χ1v) is 4.50. The average molecular weight is 153 g/mol. The zero-order valence-corrected chi connectivity index (χ0v) is 7.93. The first-order valence-electron chi connectivity index (χ1n) is 4.50. The molecule has 1 nitrogen and oxygen atoms in total. The van der Waals surface area contributed by atoms with E-state index in [-0.39, 0.29) is 0 Å². The van der Waals surface area contributed by atoms with E-state index >= 15 is 0 Å². The van der Waals surface area contributed by atoms with Crippen molar-refractivity contribution in [1.82, 2.24) is 0 Å². The van der Waals surface area contributed by atoms with Gasteiger partial charge in [-0.15, -0.1) is 0 Å². The SMILES string of the molecule is [C-]#[N+]CC(C)CCCC(C)C. The molecule has 0 fully saturated rings. The highest BCUT2D eigenvalue weighted by Crippen LogP contribution is 2.12. The third-order valence-corrected chi connectivity index (χ3v) is 1.88. The van der Waals surface area contributed by atoms with Crippen molar-refractivity contribution in [3.05, 3.63) is 11.4 Å². The van der Waals surface area contributed by atoms with Gasteiger partial charge in [-0.2, -0.15) is 0 Å². The van der Waals surface area contributed by atoms with Gasteiger partial charge in [0.15, 0.2) is 0 Å². The van der Waals surface area contributed by atoms with Crippen molar-refractivity contribution >= 4 is 0 Å². The second kappa shape index (κ2) is 6.22. The summed E-state index contributed by atoms with van der Waals surface area (Å²) in [6.45, 7) is 14.0. The van der Waals surface area contributed by atoms with E-state index in [0.29, 0.717) is 12.5 Å². The Balaban J connectivity index is 3.18. The van der Waals surface area contributed by atoms with E-state index in [1.807, 2.05) is 0 Å². The van der Waals surface area contributed by atoms with E-state index in [1.165, 1.54) is 19.3 Å². The molecule has 0 spiro atoms. The van der Waals surface area contributed by atoms with Crippen molar-refractivity contribution in [3.63, 3.8) is 0 Å². The van der Waals surface area contributed by atoms with Crippen molar-refractivity contribution in [2.45, 2.75) is 40.0 Å². The quantitative estimate of drug-likeness (QED) is 0.533. The second-order valence-corrected chi connectivity index (χ2v) is 3.77. The van der Waals surface area contributed by atoms with Gasteiger partial charge in [0, 0.05) is 5.92 Å². The highest BCUT2D eigenvalue weighted by Gasteiger charge is 2.04. The van der Waals surface area contributed by atoms with E-state index in [0.717, 1.165) is 5.92 Å². The van der Waals surface area contributed by atoms with Crippen LogP contribution in [0.3, 0.4) is 0 Å². The van der Waals surface area contributed by atoms with Crippen LogP contribution in [0.25, 0.3) is 4.85 Å². The fraction of sp³-hybridized carbons (Fsp3) is 0.900. The first kappa shape index (κ1) is 10.5. The Kier molecular flexibility index (Phi) is 5.93. The van der Waals surface area contributed by atoms with E-state index < -0.39 is 0 Å². The minimum absolute atomic E-state index is 0.603. The summed E-state index contributed by atoms with van der Waals surface area (Å²) in [6.07, 6.45) is 3.82. The standard InChI is InChI=1S/C10H19N/c1-9(2)6-5-7-10(3)8-11-4/h9-10H,5-8H2,1-3H3. The van der Waals surface area contributed by atoms with Crippen molar-refractivity contribution in [2.75, 3.05) is 6.54 Å². The average Bonchev–Trinajstić information content (AvgIpc) is 1.87. The molecule has 0 N–H and O–H groups in total. The fourth-order valence-corrected chi connectivity index (χ4v) is 1.12. The maximum absolute atomic E-state index is 6.68. The van der Waals surface area contributed by atoms with E-state index in [9.17, 15) is 0 Å². The monoisotopic (exact) mass is 153 g/mol. The van der Waals surface area contributed by atoms with E-state index in [2.05, 4.69) is 25.6 Å². The smallest absolute Gasteiger partial charge is 0.217 e. The number of hydrogen-bond acceptors (Lipinski definition) is 0. The molecule has 0 amide bonds. The van der Waals surface area contributed by atoms with Crippen molar-refractivity contribution < 1.29 is 0 Å². The number of hydrogen-bond donors (Lipinski definition) is 0. The van der Waals surface area contributed by atoms with Crippen molar-refractivity contribution in [1.29, 1.82) is 0 Å². The fourth-order valence-electron chi connectivity index (χ4n) is 1.12. The molecule has 1 heteroatoms. The molecule has 0 aromatic carbocycles. The Morgan fingerprint density at radius 1 is 1.18 bits per heavy atom. The van der Waals surface area contributed by atoms with Crippen LogP contribution in [0.2, 0.25) is 0 Å². The van der Waals surface area contributed by atoms with Crippen LogP contribution in [0.15, 0.2) is 0 Å². The van der Waals surface area contributed by atoms with Crippen LogP contribution in [0.1, 0.15) is 40.0 Å². The summed E-state index contributed by atoms with van der Waals surface area (Å²) < 4.78 is 0. The van der Waals surface area contributed by atoms with Crippen LogP contribution in [0.4, 0.5) is 0 Å². The topological polar surface area (TPSA) is 4.36 Å². The van der Waals surface area contributed by atoms with Crippen molar-refractivity contribution in [3.8, 4) is 0 Å². The molecule has 1 unspecified atom stereocenters. The summed E-state index contributed by atoms with van der Waals surface area (Å²) in [4.78, 5) is 3.38. The van der Waals surface area contributed by atoms with Crippen LogP contribution < -0.4 is 0 Å². The lowest BCUT2D eigenvalue weighted by molar-refractivity contribution is 0.475.